The first-order valence-electron chi connectivity index (χ1n) is 6.86. The molecule has 3 N–H and O–H groups in total. The topological polar surface area (TPSA) is 64.4 Å². The molecular formula is C15H24N2O2. The number of benzene rings is 1. The Balaban J connectivity index is 2.12. The van der Waals surface area contributed by atoms with Crippen LogP contribution in [0.15, 0.2) is 30.3 Å². The number of nitrogens with two attached hydrogens (primary N) is 1. The van der Waals surface area contributed by atoms with Gasteiger partial charge in [-0.2, -0.15) is 0 Å². The van der Waals surface area contributed by atoms with Crippen molar-refractivity contribution in [3.05, 3.63) is 30.3 Å². The van der Waals surface area contributed by atoms with E-state index in [1.54, 1.807) is 0 Å². The Morgan fingerprint density at radius 1 is 1.37 bits per heavy atom. The third kappa shape index (κ3) is 5.75. The van der Waals surface area contributed by atoms with E-state index in [1.165, 1.54) is 0 Å². The Hall–Kier alpha value is -1.55. The second-order valence-corrected chi connectivity index (χ2v) is 4.72. The SMILES string of the molecule is CC[C@H](C)[C@H](N)C(=O)NCCCOc1ccccc1. The molecule has 0 bridgehead atoms. The van der Waals surface area contributed by atoms with E-state index in [-0.39, 0.29) is 11.8 Å². The molecule has 0 aliphatic rings. The molecule has 1 aromatic rings. The van der Waals surface area contributed by atoms with Crippen molar-refractivity contribution in [2.24, 2.45) is 11.7 Å². The van der Waals surface area contributed by atoms with Crippen molar-refractivity contribution >= 4 is 5.91 Å². The van der Waals surface area contributed by atoms with E-state index in [1.807, 2.05) is 44.2 Å². The van der Waals surface area contributed by atoms with Crippen LogP contribution in [-0.4, -0.2) is 25.1 Å². The number of hydrogen-bond donors (Lipinski definition) is 2. The van der Waals surface area contributed by atoms with Gasteiger partial charge in [-0.1, -0.05) is 38.5 Å². The van der Waals surface area contributed by atoms with E-state index >= 15 is 0 Å². The fraction of sp³-hybridized carbons (Fsp3) is 0.533. The molecule has 0 unspecified atom stereocenters. The monoisotopic (exact) mass is 264 g/mol. The lowest BCUT2D eigenvalue weighted by Gasteiger charge is -2.17. The second kappa shape index (κ2) is 8.53. The predicted octanol–water partition coefficient (Wildman–Crippen LogP) is 1.95. The predicted molar refractivity (Wildman–Crippen MR) is 77.0 cm³/mol. The van der Waals surface area contributed by atoms with Crippen molar-refractivity contribution in [2.45, 2.75) is 32.7 Å². The van der Waals surface area contributed by atoms with Crippen LogP contribution in [0.2, 0.25) is 0 Å². The second-order valence-electron chi connectivity index (χ2n) is 4.72. The van der Waals surface area contributed by atoms with Gasteiger partial charge < -0.3 is 15.8 Å². The minimum atomic E-state index is -0.417. The first kappa shape index (κ1) is 15.5. The third-order valence-electron chi connectivity index (χ3n) is 3.19. The van der Waals surface area contributed by atoms with Crippen molar-refractivity contribution in [1.29, 1.82) is 0 Å². The zero-order chi connectivity index (χ0) is 14.1. The molecule has 0 spiro atoms. The van der Waals surface area contributed by atoms with Crippen LogP contribution in [0, 0.1) is 5.92 Å². The zero-order valence-corrected chi connectivity index (χ0v) is 11.8. The molecule has 0 aliphatic heterocycles. The number of carbonyl (C=O) groups is 1. The number of hydrogen-bond acceptors (Lipinski definition) is 3. The fourth-order valence-electron chi connectivity index (χ4n) is 1.62. The zero-order valence-electron chi connectivity index (χ0n) is 11.8. The van der Waals surface area contributed by atoms with Gasteiger partial charge in [-0.3, -0.25) is 4.79 Å². The van der Waals surface area contributed by atoms with Crippen molar-refractivity contribution < 1.29 is 9.53 Å². The number of carbonyl (C=O) groups excluding carboxylic acids is 1. The van der Waals surface area contributed by atoms with Crippen molar-refractivity contribution in [3.63, 3.8) is 0 Å². The van der Waals surface area contributed by atoms with Gasteiger partial charge in [-0.15, -0.1) is 0 Å². The van der Waals surface area contributed by atoms with E-state index in [4.69, 9.17) is 10.5 Å². The molecule has 0 saturated heterocycles. The number of nitrogens with one attached hydrogen (secondary N) is 1. The van der Waals surface area contributed by atoms with Gasteiger partial charge in [0.05, 0.1) is 12.6 Å². The highest BCUT2D eigenvalue weighted by Gasteiger charge is 2.18. The molecule has 106 valence electrons. The number of para-hydroxylation sites is 1. The van der Waals surface area contributed by atoms with Gasteiger partial charge in [0.25, 0.3) is 0 Å². The highest BCUT2D eigenvalue weighted by atomic mass is 16.5. The summed E-state index contributed by atoms with van der Waals surface area (Å²) in [6.45, 7) is 5.20. The minimum Gasteiger partial charge on any atom is -0.494 e. The summed E-state index contributed by atoms with van der Waals surface area (Å²) >= 11 is 0. The van der Waals surface area contributed by atoms with Crippen LogP contribution in [0.25, 0.3) is 0 Å². The van der Waals surface area contributed by atoms with Crippen molar-refractivity contribution in [1.82, 2.24) is 5.32 Å². The maximum absolute atomic E-state index is 11.7. The first-order valence-corrected chi connectivity index (χ1v) is 6.86. The van der Waals surface area contributed by atoms with Crippen molar-refractivity contribution in [3.8, 4) is 5.75 Å². The Morgan fingerprint density at radius 2 is 2.05 bits per heavy atom. The Kier molecular flexibility index (Phi) is 6.97. The molecule has 0 aromatic heterocycles. The van der Waals surface area contributed by atoms with Gasteiger partial charge in [0, 0.05) is 6.54 Å². The highest BCUT2D eigenvalue weighted by molar-refractivity contribution is 5.81. The lowest BCUT2D eigenvalue weighted by Crippen LogP contribution is -2.45. The van der Waals surface area contributed by atoms with E-state index in [0.29, 0.717) is 13.2 Å². The van der Waals surface area contributed by atoms with E-state index in [2.05, 4.69) is 5.32 Å². The van der Waals surface area contributed by atoms with E-state index in [0.717, 1.165) is 18.6 Å². The van der Waals surface area contributed by atoms with Gasteiger partial charge in [0.1, 0.15) is 5.75 Å². The summed E-state index contributed by atoms with van der Waals surface area (Å²) in [7, 11) is 0. The molecule has 1 aromatic carbocycles. The molecule has 4 heteroatoms. The highest BCUT2D eigenvalue weighted by Crippen LogP contribution is 2.08. The smallest absolute Gasteiger partial charge is 0.237 e. The van der Waals surface area contributed by atoms with Crippen LogP contribution in [0.1, 0.15) is 26.7 Å². The van der Waals surface area contributed by atoms with Gasteiger partial charge in [-0.05, 0) is 24.5 Å². The molecule has 2 atom stereocenters. The van der Waals surface area contributed by atoms with Gasteiger partial charge in [0.15, 0.2) is 0 Å². The molecule has 1 rings (SSSR count). The van der Waals surface area contributed by atoms with Gasteiger partial charge >= 0.3 is 0 Å². The van der Waals surface area contributed by atoms with Crippen LogP contribution in [0.4, 0.5) is 0 Å². The van der Waals surface area contributed by atoms with Gasteiger partial charge in [0.2, 0.25) is 5.91 Å². The summed E-state index contributed by atoms with van der Waals surface area (Å²) in [5.41, 5.74) is 5.83. The summed E-state index contributed by atoms with van der Waals surface area (Å²) in [5.74, 6) is 0.986. The van der Waals surface area contributed by atoms with Crippen LogP contribution < -0.4 is 15.8 Å². The summed E-state index contributed by atoms with van der Waals surface area (Å²) in [5, 5.41) is 2.84. The molecule has 19 heavy (non-hydrogen) atoms. The number of ether oxygens (including phenoxy) is 1. The summed E-state index contributed by atoms with van der Waals surface area (Å²) in [6.07, 6.45) is 1.68. The largest absolute Gasteiger partial charge is 0.494 e. The maximum atomic E-state index is 11.7. The lowest BCUT2D eigenvalue weighted by atomic mass is 9.99. The number of amides is 1. The summed E-state index contributed by atoms with van der Waals surface area (Å²) in [4.78, 5) is 11.7. The Bertz CT molecular complexity index is 368. The first-order chi connectivity index (χ1) is 9.15. The summed E-state index contributed by atoms with van der Waals surface area (Å²) in [6, 6.07) is 9.22. The molecule has 0 radical (unpaired) electrons. The van der Waals surface area contributed by atoms with Crippen LogP contribution in [0.3, 0.4) is 0 Å². The van der Waals surface area contributed by atoms with Crippen LogP contribution >= 0.6 is 0 Å². The molecule has 0 aliphatic carbocycles. The molecule has 4 nitrogen and oxygen atoms in total. The van der Waals surface area contributed by atoms with Crippen LogP contribution in [-0.2, 0) is 4.79 Å². The quantitative estimate of drug-likeness (QED) is 0.705. The van der Waals surface area contributed by atoms with Gasteiger partial charge in [-0.25, -0.2) is 0 Å². The number of rotatable bonds is 8. The summed E-state index contributed by atoms with van der Waals surface area (Å²) < 4.78 is 5.53. The minimum absolute atomic E-state index is 0.0749. The molecule has 0 heterocycles. The van der Waals surface area contributed by atoms with Crippen molar-refractivity contribution in [2.75, 3.05) is 13.2 Å². The molecular weight excluding hydrogens is 240 g/mol. The molecule has 0 fully saturated rings. The normalized spacial score (nSPS) is 13.6. The van der Waals surface area contributed by atoms with E-state index in [9.17, 15) is 4.79 Å². The van der Waals surface area contributed by atoms with E-state index < -0.39 is 6.04 Å². The maximum Gasteiger partial charge on any atom is 0.237 e. The Labute approximate surface area is 115 Å². The average molecular weight is 264 g/mol. The fourth-order valence-corrected chi connectivity index (χ4v) is 1.62. The lowest BCUT2D eigenvalue weighted by molar-refractivity contribution is -0.123. The Morgan fingerprint density at radius 3 is 2.68 bits per heavy atom. The molecule has 1 amide bonds. The third-order valence-corrected chi connectivity index (χ3v) is 3.19. The molecule has 0 saturated carbocycles. The van der Waals surface area contributed by atoms with Crippen LogP contribution in [0.5, 0.6) is 5.75 Å². The standard InChI is InChI=1S/C15H24N2O2/c1-3-12(2)14(16)15(18)17-10-7-11-19-13-8-5-4-6-9-13/h4-6,8-9,12,14H,3,7,10-11,16H2,1-2H3,(H,17,18)/t12-,14-/m0/s1. The average Bonchev–Trinajstić information content (AvgIpc) is 2.46.